The van der Waals surface area contributed by atoms with E-state index in [4.69, 9.17) is 0 Å². The Morgan fingerprint density at radius 2 is 2.27 bits per heavy atom. The summed E-state index contributed by atoms with van der Waals surface area (Å²) in [5, 5.41) is 9.18. The third kappa shape index (κ3) is 3.34. The number of nitrogens with zero attached hydrogens (tertiary/aromatic N) is 1. The van der Waals surface area contributed by atoms with Crippen LogP contribution in [0.5, 0.6) is 0 Å². The summed E-state index contributed by atoms with van der Waals surface area (Å²) in [7, 11) is 0. The van der Waals surface area contributed by atoms with E-state index >= 15 is 0 Å². The number of carbonyl (C=O) groups is 1. The highest BCUT2D eigenvalue weighted by atomic mass is 16.4. The molecule has 0 spiro atoms. The Bertz CT molecular complexity index is 250. The Labute approximate surface area is 91.8 Å². The predicted molar refractivity (Wildman–Crippen MR) is 60.8 cm³/mol. The second-order valence-electron chi connectivity index (χ2n) is 4.65. The number of aliphatic carboxylic acids is 1. The molecule has 0 saturated carbocycles. The van der Waals surface area contributed by atoms with Gasteiger partial charge in [0.05, 0.1) is 0 Å². The minimum Gasteiger partial charge on any atom is -0.480 e. The van der Waals surface area contributed by atoms with Gasteiger partial charge in [0.15, 0.2) is 0 Å². The molecule has 3 heteroatoms. The van der Waals surface area contributed by atoms with Crippen molar-refractivity contribution in [1.29, 1.82) is 0 Å². The smallest absolute Gasteiger partial charge is 0.321 e. The van der Waals surface area contributed by atoms with Crippen LogP contribution in [0.15, 0.2) is 12.2 Å². The van der Waals surface area contributed by atoms with Crippen LogP contribution < -0.4 is 0 Å². The van der Waals surface area contributed by atoms with E-state index in [1.807, 2.05) is 13.8 Å². The van der Waals surface area contributed by atoms with Gasteiger partial charge in [0.25, 0.3) is 0 Å². The molecule has 86 valence electrons. The maximum absolute atomic E-state index is 11.2. The van der Waals surface area contributed by atoms with E-state index in [1.54, 1.807) is 0 Å². The van der Waals surface area contributed by atoms with E-state index in [9.17, 15) is 9.90 Å². The molecule has 1 saturated heterocycles. The van der Waals surface area contributed by atoms with Gasteiger partial charge in [-0.25, -0.2) is 0 Å². The molecule has 1 aliphatic heterocycles. The predicted octanol–water partition coefficient (Wildman–Crippen LogP) is 2.14. The molecule has 0 bridgehead atoms. The molecule has 1 rings (SSSR count). The van der Waals surface area contributed by atoms with Crippen LogP contribution >= 0.6 is 0 Å². The van der Waals surface area contributed by atoms with Gasteiger partial charge in [-0.3, -0.25) is 9.69 Å². The Kier molecular flexibility index (Phi) is 4.33. The second kappa shape index (κ2) is 5.31. The van der Waals surface area contributed by atoms with Crippen molar-refractivity contribution in [1.82, 2.24) is 4.90 Å². The van der Waals surface area contributed by atoms with Crippen LogP contribution in [0.25, 0.3) is 0 Å². The zero-order valence-electron chi connectivity index (χ0n) is 9.70. The van der Waals surface area contributed by atoms with Crippen LogP contribution in [-0.4, -0.2) is 35.1 Å². The van der Waals surface area contributed by atoms with Crippen LogP contribution in [0.1, 0.15) is 33.1 Å². The van der Waals surface area contributed by atoms with Gasteiger partial charge in [-0.05, 0) is 38.6 Å². The first-order valence-corrected chi connectivity index (χ1v) is 5.63. The van der Waals surface area contributed by atoms with E-state index in [0.29, 0.717) is 0 Å². The van der Waals surface area contributed by atoms with Crippen molar-refractivity contribution in [2.45, 2.75) is 39.2 Å². The Hall–Kier alpha value is -0.830. The second-order valence-corrected chi connectivity index (χ2v) is 4.65. The van der Waals surface area contributed by atoms with Gasteiger partial charge >= 0.3 is 5.97 Å². The number of carboxylic acids is 1. The van der Waals surface area contributed by atoms with Crippen molar-refractivity contribution in [3.05, 3.63) is 12.2 Å². The van der Waals surface area contributed by atoms with Crippen LogP contribution in [-0.2, 0) is 4.79 Å². The van der Waals surface area contributed by atoms with Crippen molar-refractivity contribution in [3.63, 3.8) is 0 Å². The molecule has 0 radical (unpaired) electrons. The van der Waals surface area contributed by atoms with Crippen LogP contribution in [0.4, 0.5) is 0 Å². The van der Waals surface area contributed by atoms with Gasteiger partial charge in [-0.1, -0.05) is 12.5 Å². The topological polar surface area (TPSA) is 40.5 Å². The lowest BCUT2D eigenvalue weighted by atomic mass is 9.90. The molecule has 0 amide bonds. The van der Waals surface area contributed by atoms with Crippen LogP contribution in [0.3, 0.4) is 0 Å². The summed E-state index contributed by atoms with van der Waals surface area (Å²) in [5.41, 5.74) is 1.12. The lowest BCUT2D eigenvalue weighted by Crippen LogP contribution is -2.49. The average Bonchev–Trinajstić information content (AvgIpc) is 2.13. The van der Waals surface area contributed by atoms with Crippen molar-refractivity contribution >= 4 is 5.97 Å². The average molecular weight is 211 g/mol. The maximum atomic E-state index is 11.2. The largest absolute Gasteiger partial charge is 0.480 e. The molecule has 2 unspecified atom stereocenters. The fourth-order valence-corrected chi connectivity index (χ4v) is 2.26. The van der Waals surface area contributed by atoms with Gasteiger partial charge in [0.2, 0.25) is 0 Å². The first-order valence-electron chi connectivity index (χ1n) is 5.63. The van der Waals surface area contributed by atoms with Crippen molar-refractivity contribution in [3.8, 4) is 0 Å². The summed E-state index contributed by atoms with van der Waals surface area (Å²) >= 11 is 0. The fourth-order valence-electron chi connectivity index (χ4n) is 2.26. The van der Waals surface area contributed by atoms with Crippen molar-refractivity contribution < 1.29 is 9.90 Å². The van der Waals surface area contributed by atoms with E-state index in [0.717, 1.165) is 37.9 Å². The number of hydrogen-bond acceptors (Lipinski definition) is 2. The van der Waals surface area contributed by atoms with Crippen LogP contribution in [0, 0.1) is 5.92 Å². The standard InChI is InChI=1S/C12H21NO2/c1-9(2)6-8-13-7-4-5-10(3)11(13)12(14)15/h10-11H,1,4-8H2,2-3H3,(H,14,15). The Balaban J connectivity index is 2.58. The van der Waals surface area contributed by atoms with Gasteiger partial charge in [-0.15, -0.1) is 6.58 Å². The molecule has 0 aromatic heterocycles. The summed E-state index contributed by atoms with van der Waals surface area (Å²) in [6.07, 6.45) is 3.04. The maximum Gasteiger partial charge on any atom is 0.321 e. The Morgan fingerprint density at radius 3 is 2.80 bits per heavy atom. The summed E-state index contributed by atoms with van der Waals surface area (Å²) in [4.78, 5) is 13.2. The molecule has 2 atom stereocenters. The highest BCUT2D eigenvalue weighted by molar-refractivity contribution is 5.74. The molecule has 3 nitrogen and oxygen atoms in total. The first-order chi connectivity index (χ1) is 7.02. The molecular weight excluding hydrogens is 190 g/mol. The number of likely N-dealkylation sites (tertiary alicyclic amines) is 1. The number of rotatable bonds is 4. The molecule has 0 aromatic carbocycles. The van der Waals surface area contributed by atoms with E-state index in [-0.39, 0.29) is 12.0 Å². The third-order valence-electron chi connectivity index (χ3n) is 3.12. The minimum atomic E-state index is -0.677. The monoisotopic (exact) mass is 211 g/mol. The van der Waals surface area contributed by atoms with Gasteiger partial charge in [0.1, 0.15) is 6.04 Å². The molecule has 1 aliphatic rings. The lowest BCUT2D eigenvalue weighted by molar-refractivity contribution is -0.146. The minimum absolute atomic E-state index is 0.265. The number of hydrogen-bond donors (Lipinski definition) is 1. The highest BCUT2D eigenvalue weighted by Crippen LogP contribution is 2.23. The number of carboxylic acid groups (broad SMARTS) is 1. The number of piperidine rings is 1. The highest BCUT2D eigenvalue weighted by Gasteiger charge is 2.33. The normalized spacial score (nSPS) is 27.6. The zero-order chi connectivity index (χ0) is 11.4. The molecule has 1 heterocycles. The summed E-state index contributed by atoms with van der Waals surface area (Å²) in [6.45, 7) is 9.62. The molecule has 15 heavy (non-hydrogen) atoms. The van der Waals surface area contributed by atoms with Crippen molar-refractivity contribution in [2.75, 3.05) is 13.1 Å². The fraction of sp³-hybridized carbons (Fsp3) is 0.750. The summed E-state index contributed by atoms with van der Waals surface area (Å²) < 4.78 is 0. The molecule has 1 fully saturated rings. The van der Waals surface area contributed by atoms with E-state index in [2.05, 4.69) is 11.5 Å². The van der Waals surface area contributed by atoms with E-state index < -0.39 is 5.97 Å². The van der Waals surface area contributed by atoms with Crippen LogP contribution in [0.2, 0.25) is 0 Å². The quantitative estimate of drug-likeness (QED) is 0.724. The van der Waals surface area contributed by atoms with Gasteiger partial charge in [0, 0.05) is 6.54 Å². The zero-order valence-corrected chi connectivity index (χ0v) is 9.70. The van der Waals surface area contributed by atoms with Crippen molar-refractivity contribution in [2.24, 2.45) is 5.92 Å². The van der Waals surface area contributed by atoms with Gasteiger partial charge < -0.3 is 5.11 Å². The summed E-state index contributed by atoms with van der Waals surface area (Å²) in [6, 6.07) is -0.293. The molecular formula is C12H21NO2. The molecule has 1 N–H and O–H groups in total. The van der Waals surface area contributed by atoms with Gasteiger partial charge in [-0.2, -0.15) is 0 Å². The summed E-state index contributed by atoms with van der Waals surface area (Å²) in [5.74, 6) is -0.412. The molecule has 0 aliphatic carbocycles. The third-order valence-corrected chi connectivity index (χ3v) is 3.12. The van der Waals surface area contributed by atoms with E-state index in [1.165, 1.54) is 0 Å². The molecule has 0 aromatic rings. The lowest BCUT2D eigenvalue weighted by Gasteiger charge is -2.37. The Morgan fingerprint density at radius 1 is 1.60 bits per heavy atom. The SMILES string of the molecule is C=C(C)CCN1CCCC(C)C1C(=O)O. The first kappa shape index (κ1) is 12.2.